The summed E-state index contributed by atoms with van der Waals surface area (Å²) in [5.74, 6) is -0.573. The molecule has 5 heteroatoms. The van der Waals surface area contributed by atoms with Crippen molar-refractivity contribution < 1.29 is 24.9 Å². The number of aliphatic carboxylic acids is 1. The fourth-order valence-corrected chi connectivity index (χ4v) is 6.97. The van der Waals surface area contributed by atoms with Crippen molar-refractivity contribution in [2.45, 2.75) is 70.5 Å². The standard InChI is InChI=1S/C20H28O5/c1-18-7-5-12(21)9-11(18)3-4-13-14-6-8-20(25,17(23)24)19(14,2)10-15(22)16(13)18/h3,13-16,22,25H,4-10H2,1-2H3,(H,23,24)/t13?,14?,15?,16?,18?,19?,20-/m1/s1. The lowest BCUT2D eigenvalue weighted by atomic mass is 9.46. The summed E-state index contributed by atoms with van der Waals surface area (Å²) >= 11 is 0. The van der Waals surface area contributed by atoms with Gasteiger partial charge in [0.15, 0.2) is 5.60 Å². The number of rotatable bonds is 1. The van der Waals surface area contributed by atoms with Crippen LogP contribution in [0.2, 0.25) is 0 Å². The van der Waals surface area contributed by atoms with Gasteiger partial charge >= 0.3 is 5.97 Å². The topological polar surface area (TPSA) is 94.8 Å². The van der Waals surface area contributed by atoms with Gasteiger partial charge in [-0.1, -0.05) is 25.5 Å². The highest BCUT2D eigenvalue weighted by atomic mass is 16.4. The number of ketones is 1. The number of allylic oxidation sites excluding steroid dienone is 2. The predicted molar refractivity (Wildman–Crippen MR) is 90.7 cm³/mol. The van der Waals surface area contributed by atoms with Gasteiger partial charge in [-0.2, -0.15) is 0 Å². The molecular weight excluding hydrogens is 320 g/mol. The molecule has 0 aromatic rings. The lowest BCUT2D eigenvalue weighted by Gasteiger charge is -2.59. The van der Waals surface area contributed by atoms with E-state index >= 15 is 0 Å². The molecule has 4 aliphatic carbocycles. The van der Waals surface area contributed by atoms with Crippen LogP contribution in [0.5, 0.6) is 0 Å². The van der Waals surface area contributed by atoms with E-state index in [0.717, 1.165) is 12.8 Å². The average Bonchev–Trinajstić information content (AvgIpc) is 2.80. The maximum atomic E-state index is 11.9. The molecule has 0 aromatic carbocycles. The molecule has 0 aromatic heterocycles. The molecule has 0 amide bonds. The van der Waals surface area contributed by atoms with E-state index in [1.165, 1.54) is 5.57 Å². The Kier molecular flexibility index (Phi) is 3.56. The molecule has 25 heavy (non-hydrogen) atoms. The Morgan fingerprint density at radius 1 is 1.28 bits per heavy atom. The number of carboxylic acid groups (broad SMARTS) is 1. The number of fused-ring (bicyclic) bond motifs is 5. The normalized spacial score (nSPS) is 52.0. The molecule has 4 aliphatic rings. The van der Waals surface area contributed by atoms with Crippen LogP contribution in [0.4, 0.5) is 0 Å². The van der Waals surface area contributed by atoms with E-state index < -0.39 is 23.1 Å². The van der Waals surface area contributed by atoms with Crippen molar-refractivity contribution in [3.63, 3.8) is 0 Å². The molecule has 0 bridgehead atoms. The quantitative estimate of drug-likeness (QED) is 0.632. The van der Waals surface area contributed by atoms with Crippen LogP contribution in [-0.4, -0.2) is 38.8 Å². The first-order valence-corrected chi connectivity index (χ1v) is 9.48. The largest absolute Gasteiger partial charge is 0.479 e. The van der Waals surface area contributed by atoms with Crippen LogP contribution in [-0.2, 0) is 9.59 Å². The van der Waals surface area contributed by atoms with Crippen LogP contribution in [0.15, 0.2) is 11.6 Å². The van der Waals surface area contributed by atoms with Gasteiger partial charge in [-0.3, -0.25) is 4.79 Å². The molecule has 0 spiro atoms. The van der Waals surface area contributed by atoms with E-state index in [1.807, 2.05) is 6.92 Å². The molecule has 6 unspecified atom stereocenters. The second-order valence-electron chi connectivity index (χ2n) is 9.29. The lowest BCUT2D eigenvalue weighted by Crippen LogP contribution is -2.61. The minimum Gasteiger partial charge on any atom is -0.479 e. The van der Waals surface area contributed by atoms with Crippen molar-refractivity contribution in [1.82, 2.24) is 0 Å². The Morgan fingerprint density at radius 2 is 2.00 bits per heavy atom. The molecule has 0 saturated heterocycles. The second kappa shape index (κ2) is 5.17. The average molecular weight is 348 g/mol. The van der Waals surface area contributed by atoms with Gasteiger partial charge in [0.2, 0.25) is 0 Å². The van der Waals surface area contributed by atoms with Gasteiger partial charge in [-0.15, -0.1) is 0 Å². The third-order valence-electron chi connectivity index (χ3n) is 8.38. The molecule has 138 valence electrons. The summed E-state index contributed by atoms with van der Waals surface area (Å²) in [6.45, 7) is 4.02. The molecule has 0 radical (unpaired) electrons. The molecule has 3 fully saturated rings. The minimum absolute atomic E-state index is 0.0508. The Morgan fingerprint density at radius 3 is 2.68 bits per heavy atom. The van der Waals surface area contributed by atoms with Crippen molar-refractivity contribution in [2.75, 3.05) is 0 Å². The zero-order chi connectivity index (χ0) is 18.2. The van der Waals surface area contributed by atoms with Crippen molar-refractivity contribution in [2.24, 2.45) is 28.6 Å². The number of carboxylic acids is 1. The SMILES string of the molecule is CC12CCC(=O)CC1=CCC1C2C(O)CC2(C)C1CC[C@@]2(O)C(=O)O. The molecule has 0 aliphatic heterocycles. The van der Waals surface area contributed by atoms with E-state index in [1.54, 1.807) is 0 Å². The summed E-state index contributed by atoms with van der Waals surface area (Å²) in [7, 11) is 0. The Labute approximate surface area is 148 Å². The number of aliphatic hydroxyl groups excluding tert-OH is 1. The zero-order valence-corrected chi connectivity index (χ0v) is 15.0. The van der Waals surface area contributed by atoms with Crippen LogP contribution in [0.1, 0.15) is 58.8 Å². The van der Waals surface area contributed by atoms with Crippen molar-refractivity contribution >= 4 is 11.8 Å². The van der Waals surface area contributed by atoms with Crippen LogP contribution >= 0.6 is 0 Å². The molecule has 3 saturated carbocycles. The zero-order valence-electron chi connectivity index (χ0n) is 15.0. The molecule has 3 N–H and O–H groups in total. The van der Waals surface area contributed by atoms with E-state index in [9.17, 15) is 24.9 Å². The van der Waals surface area contributed by atoms with E-state index in [2.05, 4.69) is 13.0 Å². The van der Waals surface area contributed by atoms with E-state index in [0.29, 0.717) is 25.7 Å². The van der Waals surface area contributed by atoms with Gasteiger partial charge in [-0.05, 0) is 55.3 Å². The lowest BCUT2D eigenvalue weighted by molar-refractivity contribution is -0.192. The highest BCUT2D eigenvalue weighted by molar-refractivity contribution is 5.83. The Balaban J connectivity index is 1.76. The van der Waals surface area contributed by atoms with Crippen molar-refractivity contribution in [3.05, 3.63) is 11.6 Å². The van der Waals surface area contributed by atoms with Gasteiger partial charge in [-0.25, -0.2) is 4.79 Å². The first-order valence-electron chi connectivity index (χ1n) is 9.48. The Bertz CT molecular complexity index is 669. The van der Waals surface area contributed by atoms with Gasteiger partial charge < -0.3 is 15.3 Å². The summed E-state index contributed by atoms with van der Waals surface area (Å²) in [5, 5.41) is 31.6. The summed E-state index contributed by atoms with van der Waals surface area (Å²) in [5.41, 5.74) is -1.57. The fraction of sp³-hybridized carbons (Fsp3) is 0.800. The second-order valence-corrected chi connectivity index (χ2v) is 9.29. The van der Waals surface area contributed by atoms with Crippen LogP contribution in [0.25, 0.3) is 0 Å². The van der Waals surface area contributed by atoms with Crippen molar-refractivity contribution in [3.8, 4) is 0 Å². The summed E-state index contributed by atoms with van der Waals surface area (Å²) in [6.07, 6.45) is 5.39. The van der Waals surface area contributed by atoms with Gasteiger partial charge in [0.1, 0.15) is 5.78 Å². The number of aliphatic hydroxyl groups is 2. The smallest absolute Gasteiger partial charge is 0.336 e. The molecule has 0 heterocycles. The molecular formula is C20H28O5. The maximum absolute atomic E-state index is 11.9. The Hall–Kier alpha value is -1.20. The van der Waals surface area contributed by atoms with E-state index in [-0.39, 0.29) is 35.4 Å². The first-order chi connectivity index (χ1) is 11.6. The van der Waals surface area contributed by atoms with Gasteiger partial charge in [0.05, 0.1) is 6.10 Å². The number of Topliss-reactive ketones (excluding diaryl/α,β-unsaturated/α-hetero) is 1. The predicted octanol–water partition coefficient (Wildman–Crippen LogP) is 2.30. The van der Waals surface area contributed by atoms with Crippen LogP contribution < -0.4 is 0 Å². The van der Waals surface area contributed by atoms with Crippen LogP contribution in [0, 0.1) is 28.6 Å². The number of carbonyl (C=O) groups is 2. The first kappa shape index (κ1) is 17.2. The molecule has 4 rings (SSSR count). The summed E-state index contributed by atoms with van der Waals surface area (Å²) in [6, 6.07) is 0. The minimum atomic E-state index is -1.75. The van der Waals surface area contributed by atoms with Crippen molar-refractivity contribution in [1.29, 1.82) is 0 Å². The third-order valence-corrected chi connectivity index (χ3v) is 8.38. The monoisotopic (exact) mass is 348 g/mol. The van der Waals surface area contributed by atoms with Gasteiger partial charge in [0.25, 0.3) is 0 Å². The summed E-state index contributed by atoms with van der Waals surface area (Å²) < 4.78 is 0. The summed E-state index contributed by atoms with van der Waals surface area (Å²) in [4.78, 5) is 23.7. The maximum Gasteiger partial charge on any atom is 0.336 e. The molecule has 7 atom stereocenters. The third kappa shape index (κ3) is 2.02. The van der Waals surface area contributed by atoms with Gasteiger partial charge in [0, 0.05) is 18.3 Å². The van der Waals surface area contributed by atoms with Crippen LogP contribution in [0.3, 0.4) is 0 Å². The number of carbonyl (C=O) groups excluding carboxylic acids is 1. The molecule has 5 nitrogen and oxygen atoms in total. The highest BCUT2D eigenvalue weighted by Crippen LogP contribution is 2.66. The highest BCUT2D eigenvalue weighted by Gasteiger charge is 2.68. The number of hydrogen-bond donors (Lipinski definition) is 3. The number of hydrogen-bond acceptors (Lipinski definition) is 4. The van der Waals surface area contributed by atoms with E-state index in [4.69, 9.17) is 0 Å². The fourth-order valence-electron chi connectivity index (χ4n) is 6.97.